The molecule has 3 N–H and O–H groups in total. The molecule has 2 atom stereocenters. The van der Waals surface area contributed by atoms with E-state index in [1.54, 1.807) is 0 Å². The van der Waals surface area contributed by atoms with Crippen LogP contribution in [0.4, 0.5) is 4.79 Å². The van der Waals surface area contributed by atoms with Crippen LogP contribution in [0.25, 0.3) is 0 Å². The number of carbonyl (C=O) groups is 2. The number of methoxy groups -OCH3 is 1. The van der Waals surface area contributed by atoms with Gasteiger partial charge in [0.25, 0.3) is 5.91 Å². The Bertz CT molecular complexity index is 589. The maximum Gasteiger partial charge on any atom is 0.407 e. The lowest BCUT2D eigenvalue weighted by molar-refractivity contribution is 0.0100. The fraction of sp³-hybridized carbons (Fsp3) is 0.643. The Balaban J connectivity index is 2.05. The zero-order valence-electron chi connectivity index (χ0n) is 13.3. The number of rotatable bonds is 4. The standard InChI is InChI=1S/C14H21ClN4O4/c1-7(2)10-11(15)18-12(17-10)13(20)16-8-4-5-19(14(21)22)6-9(8)23-3/h7-9H,4-6H2,1-3H3,(H,16,20)(H,17,18)(H,21,22). The molecule has 0 aliphatic carbocycles. The first-order chi connectivity index (χ1) is 10.8. The van der Waals surface area contributed by atoms with E-state index in [1.165, 1.54) is 12.0 Å². The lowest BCUT2D eigenvalue weighted by Gasteiger charge is -2.36. The summed E-state index contributed by atoms with van der Waals surface area (Å²) in [6.45, 7) is 4.45. The van der Waals surface area contributed by atoms with Crippen LogP contribution in [0.2, 0.25) is 5.15 Å². The Morgan fingerprint density at radius 3 is 2.74 bits per heavy atom. The Kier molecular flexibility index (Phi) is 5.48. The number of aromatic nitrogens is 2. The molecule has 0 saturated carbocycles. The molecule has 1 aromatic rings. The van der Waals surface area contributed by atoms with E-state index in [-0.39, 0.29) is 35.4 Å². The summed E-state index contributed by atoms with van der Waals surface area (Å²) in [5.74, 6) is -0.106. The summed E-state index contributed by atoms with van der Waals surface area (Å²) >= 11 is 6.02. The number of H-pyrrole nitrogens is 1. The van der Waals surface area contributed by atoms with Crippen LogP contribution >= 0.6 is 11.6 Å². The number of amides is 2. The molecule has 1 aliphatic heterocycles. The van der Waals surface area contributed by atoms with E-state index in [1.807, 2.05) is 13.8 Å². The average molecular weight is 345 g/mol. The Morgan fingerprint density at radius 2 is 2.22 bits per heavy atom. The van der Waals surface area contributed by atoms with Crippen LogP contribution in [-0.4, -0.2) is 64.3 Å². The maximum atomic E-state index is 12.3. The number of hydrogen-bond donors (Lipinski definition) is 3. The Morgan fingerprint density at radius 1 is 1.52 bits per heavy atom. The number of carbonyl (C=O) groups excluding carboxylic acids is 1. The summed E-state index contributed by atoms with van der Waals surface area (Å²) < 4.78 is 5.31. The Hall–Kier alpha value is -1.80. The summed E-state index contributed by atoms with van der Waals surface area (Å²) in [6, 6.07) is -0.283. The molecule has 9 heteroatoms. The molecule has 2 heterocycles. The number of nitrogens with zero attached hydrogens (tertiary/aromatic N) is 2. The number of hydrogen-bond acceptors (Lipinski definition) is 4. The minimum Gasteiger partial charge on any atom is -0.465 e. The molecular weight excluding hydrogens is 324 g/mol. The fourth-order valence-corrected chi connectivity index (χ4v) is 2.94. The van der Waals surface area contributed by atoms with Gasteiger partial charge >= 0.3 is 6.09 Å². The minimum atomic E-state index is -0.990. The molecule has 1 aliphatic rings. The summed E-state index contributed by atoms with van der Waals surface area (Å²) in [4.78, 5) is 31.6. The SMILES string of the molecule is COC1CN(C(=O)O)CCC1NC(=O)c1nc(Cl)c(C(C)C)[nH]1. The molecule has 8 nitrogen and oxygen atoms in total. The Labute approximate surface area is 139 Å². The molecule has 23 heavy (non-hydrogen) atoms. The normalized spacial score (nSPS) is 21.5. The van der Waals surface area contributed by atoms with Gasteiger partial charge in [-0.05, 0) is 12.3 Å². The topological polar surface area (TPSA) is 108 Å². The van der Waals surface area contributed by atoms with Crippen LogP contribution < -0.4 is 5.32 Å². The number of aromatic amines is 1. The molecule has 2 unspecified atom stereocenters. The first-order valence-electron chi connectivity index (χ1n) is 7.40. The van der Waals surface area contributed by atoms with Crippen molar-refractivity contribution in [2.45, 2.75) is 38.3 Å². The van der Waals surface area contributed by atoms with Gasteiger partial charge in [0.05, 0.1) is 24.4 Å². The van der Waals surface area contributed by atoms with Crippen LogP contribution in [0.5, 0.6) is 0 Å². The van der Waals surface area contributed by atoms with E-state index >= 15 is 0 Å². The molecule has 2 amide bonds. The number of halogens is 1. The van der Waals surface area contributed by atoms with Crippen molar-refractivity contribution in [3.8, 4) is 0 Å². The van der Waals surface area contributed by atoms with Crippen LogP contribution in [-0.2, 0) is 4.74 Å². The van der Waals surface area contributed by atoms with E-state index in [4.69, 9.17) is 21.4 Å². The molecule has 128 valence electrons. The summed E-state index contributed by atoms with van der Waals surface area (Å²) in [7, 11) is 1.50. The van der Waals surface area contributed by atoms with Crippen LogP contribution in [0.1, 0.15) is 42.5 Å². The lowest BCUT2D eigenvalue weighted by atomic mass is 10.0. The summed E-state index contributed by atoms with van der Waals surface area (Å²) in [5.41, 5.74) is 0.709. The van der Waals surface area contributed by atoms with Crippen molar-refractivity contribution < 1.29 is 19.4 Å². The zero-order chi connectivity index (χ0) is 17.1. The van der Waals surface area contributed by atoms with Crippen molar-refractivity contribution in [3.63, 3.8) is 0 Å². The average Bonchev–Trinajstić information content (AvgIpc) is 2.89. The molecule has 1 aromatic heterocycles. The van der Waals surface area contributed by atoms with Crippen LogP contribution in [0.3, 0.4) is 0 Å². The maximum absolute atomic E-state index is 12.3. The molecule has 0 radical (unpaired) electrons. The quantitative estimate of drug-likeness (QED) is 0.770. The predicted octanol–water partition coefficient (Wildman–Crippen LogP) is 1.68. The number of ether oxygens (including phenoxy) is 1. The molecular formula is C14H21ClN4O4. The molecule has 0 bridgehead atoms. The van der Waals surface area contributed by atoms with E-state index in [9.17, 15) is 9.59 Å². The van der Waals surface area contributed by atoms with E-state index in [0.717, 1.165) is 0 Å². The third-order valence-corrected chi connectivity index (χ3v) is 4.21. The first kappa shape index (κ1) is 17.6. The number of nitrogens with one attached hydrogen (secondary N) is 2. The summed E-state index contributed by atoms with van der Waals surface area (Å²) in [5, 5.41) is 12.2. The number of piperidine rings is 1. The van der Waals surface area contributed by atoms with Gasteiger partial charge < -0.3 is 25.0 Å². The highest BCUT2D eigenvalue weighted by Gasteiger charge is 2.33. The van der Waals surface area contributed by atoms with Crippen molar-refractivity contribution in [1.29, 1.82) is 0 Å². The number of likely N-dealkylation sites (tertiary alicyclic amines) is 1. The third kappa shape index (κ3) is 3.94. The van der Waals surface area contributed by atoms with Crippen LogP contribution in [0.15, 0.2) is 0 Å². The first-order valence-corrected chi connectivity index (χ1v) is 7.78. The molecule has 0 aromatic carbocycles. The smallest absolute Gasteiger partial charge is 0.407 e. The van der Waals surface area contributed by atoms with Gasteiger partial charge in [0.15, 0.2) is 11.0 Å². The number of carboxylic acid groups (broad SMARTS) is 1. The number of imidazole rings is 1. The van der Waals surface area contributed by atoms with Gasteiger partial charge in [-0.2, -0.15) is 0 Å². The highest BCUT2D eigenvalue weighted by Crippen LogP contribution is 2.21. The fourth-order valence-electron chi connectivity index (χ4n) is 2.59. The predicted molar refractivity (Wildman–Crippen MR) is 84.0 cm³/mol. The van der Waals surface area contributed by atoms with Gasteiger partial charge in [0.2, 0.25) is 0 Å². The van der Waals surface area contributed by atoms with E-state index < -0.39 is 12.2 Å². The second-order valence-electron chi connectivity index (χ2n) is 5.82. The van der Waals surface area contributed by atoms with Gasteiger partial charge in [-0.3, -0.25) is 4.79 Å². The minimum absolute atomic E-state index is 0.127. The molecule has 1 fully saturated rings. The summed E-state index contributed by atoms with van der Waals surface area (Å²) in [6.07, 6.45) is -0.919. The van der Waals surface area contributed by atoms with E-state index in [0.29, 0.717) is 18.7 Å². The highest BCUT2D eigenvalue weighted by atomic mass is 35.5. The zero-order valence-corrected chi connectivity index (χ0v) is 14.1. The third-order valence-electron chi connectivity index (χ3n) is 3.93. The van der Waals surface area contributed by atoms with Crippen molar-refractivity contribution >= 4 is 23.6 Å². The van der Waals surface area contributed by atoms with Crippen molar-refractivity contribution in [1.82, 2.24) is 20.2 Å². The second-order valence-corrected chi connectivity index (χ2v) is 6.17. The lowest BCUT2D eigenvalue weighted by Crippen LogP contribution is -2.55. The van der Waals surface area contributed by atoms with Gasteiger partial charge in [-0.1, -0.05) is 25.4 Å². The van der Waals surface area contributed by atoms with Crippen molar-refractivity contribution in [2.24, 2.45) is 0 Å². The van der Waals surface area contributed by atoms with Gasteiger partial charge in [-0.15, -0.1) is 0 Å². The van der Waals surface area contributed by atoms with Gasteiger partial charge in [0.1, 0.15) is 0 Å². The van der Waals surface area contributed by atoms with E-state index in [2.05, 4.69) is 15.3 Å². The van der Waals surface area contributed by atoms with Gasteiger partial charge in [-0.25, -0.2) is 9.78 Å². The monoisotopic (exact) mass is 344 g/mol. The largest absolute Gasteiger partial charge is 0.465 e. The van der Waals surface area contributed by atoms with Crippen molar-refractivity contribution in [2.75, 3.05) is 20.2 Å². The molecule has 0 spiro atoms. The van der Waals surface area contributed by atoms with Crippen LogP contribution in [0, 0.1) is 0 Å². The van der Waals surface area contributed by atoms with Gasteiger partial charge in [0, 0.05) is 13.7 Å². The highest BCUT2D eigenvalue weighted by molar-refractivity contribution is 6.30. The second kappa shape index (κ2) is 7.18. The van der Waals surface area contributed by atoms with Crippen molar-refractivity contribution in [3.05, 3.63) is 16.7 Å². The molecule has 2 rings (SSSR count). The molecule has 1 saturated heterocycles.